The molecule has 2 heterocycles. The van der Waals surface area contributed by atoms with E-state index in [0.717, 1.165) is 25.8 Å². The molecule has 0 radical (unpaired) electrons. The van der Waals surface area contributed by atoms with Crippen molar-refractivity contribution in [2.24, 2.45) is 0 Å². The molecule has 2 unspecified atom stereocenters. The molecule has 2 aliphatic heterocycles. The molecular weight excluding hydrogens is 218 g/mol. The third-order valence-electron chi connectivity index (χ3n) is 4.01. The topological polar surface area (TPSA) is 49.8 Å². The number of carboxylic acids is 1. The van der Waals surface area contributed by atoms with E-state index in [4.69, 9.17) is 4.74 Å². The molecule has 0 aliphatic carbocycles. The predicted octanol–water partition coefficient (Wildman–Crippen LogP) is 1.88. The number of carbonyl (C=O) groups is 1. The molecule has 2 fully saturated rings. The Morgan fingerprint density at radius 1 is 1.35 bits per heavy atom. The van der Waals surface area contributed by atoms with Crippen LogP contribution < -0.4 is 0 Å². The van der Waals surface area contributed by atoms with Crippen LogP contribution in [0.4, 0.5) is 0 Å². The van der Waals surface area contributed by atoms with E-state index in [0.29, 0.717) is 0 Å². The first-order valence-electron chi connectivity index (χ1n) is 6.42. The van der Waals surface area contributed by atoms with Crippen molar-refractivity contribution in [3.63, 3.8) is 0 Å². The first-order chi connectivity index (χ1) is 7.73. The van der Waals surface area contributed by atoms with Gasteiger partial charge in [0, 0.05) is 6.04 Å². The molecule has 2 rings (SSSR count). The zero-order valence-electron chi connectivity index (χ0n) is 11.2. The van der Waals surface area contributed by atoms with Crippen molar-refractivity contribution in [2.45, 2.75) is 70.2 Å². The minimum Gasteiger partial charge on any atom is -0.480 e. The van der Waals surface area contributed by atoms with E-state index >= 15 is 0 Å². The lowest BCUT2D eigenvalue weighted by molar-refractivity contribution is -0.144. The molecule has 17 heavy (non-hydrogen) atoms. The summed E-state index contributed by atoms with van der Waals surface area (Å²) in [6, 6.07) is -0.113. The first-order valence-corrected chi connectivity index (χ1v) is 6.42. The number of ether oxygens (including phenoxy) is 1. The third-order valence-corrected chi connectivity index (χ3v) is 4.01. The lowest BCUT2D eigenvalue weighted by Crippen LogP contribution is -2.50. The average molecular weight is 241 g/mol. The van der Waals surface area contributed by atoms with Crippen LogP contribution in [-0.4, -0.2) is 45.8 Å². The van der Waals surface area contributed by atoms with Crippen LogP contribution in [0.25, 0.3) is 0 Å². The normalized spacial score (nSPS) is 36.2. The van der Waals surface area contributed by atoms with Crippen molar-refractivity contribution in [1.82, 2.24) is 4.90 Å². The maximum absolute atomic E-state index is 11.3. The highest BCUT2D eigenvalue weighted by molar-refractivity contribution is 5.73. The zero-order valence-corrected chi connectivity index (χ0v) is 11.2. The first kappa shape index (κ1) is 12.8. The molecule has 0 bridgehead atoms. The molecule has 1 N–H and O–H groups in total. The van der Waals surface area contributed by atoms with Crippen LogP contribution >= 0.6 is 0 Å². The van der Waals surface area contributed by atoms with Gasteiger partial charge in [0.25, 0.3) is 0 Å². The number of likely N-dealkylation sites (tertiary alicyclic amines) is 1. The molecular formula is C13H23NO3. The molecule has 2 atom stereocenters. The van der Waals surface area contributed by atoms with Gasteiger partial charge >= 0.3 is 5.97 Å². The molecule has 0 aromatic heterocycles. The summed E-state index contributed by atoms with van der Waals surface area (Å²) in [4.78, 5) is 13.4. The van der Waals surface area contributed by atoms with Gasteiger partial charge in [0.1, 0.15) is 6.04 Å². The minimum atomic E-state index is -0.692. The van der Waals surface area contributed by atoms with E-state index in [9.17, 15) is 9.90 Å². The van der Waals surface area contributed by atoms with E-state index in [1.165, 1.54) is 0 Å². The second-order valence-corrected chi connectivity index (χ2v) is 6.42. The Balaban J connectivity index is 2.19. The molecule has 0 amide bonds. The van der Waals surface area contributed by atoms with Gasteiger partial charge in [-0.25, -0.2) is 0 Å². The fourth-order valence-electron chi connectivity index (χ4n) is 3.48. The van der Waals surface area contributed by atoms with Gasteiger partial charge in [-0.2, -0.15) is 0 Å². The van der Waals surface area contributed by atoms with Crippen LogP contribution in [0.2, 0.25) is 0 Å². The largest absolute Gasteiger partial charge is 0.480 e. The lowest BCUT2D eigenvalue weighted by Gasteiger charge is -2.35. The van der Waals surface area contributed by atoms with Gasteiger partial charge in [-0.05, 0) is 53.5 Å². The zero-order chi connectivity index (χ0) is 12.8. The fraction of sp³-hybridized carbons (Fsp3) is 0.923. The maximum atomic E-state index is 11.3. The Morgan fingerprint density at radius 2 is 2.00 bits per heavy atom. The smallest absolute Gasteiger partial charge is 0.320 e. The quantitative estimate of drug-likeness (QED) is 0.802. The van der Waals surface area contributed by atoms with Crippen LogP contribution in [0.1, 0.15) is 47.0 Å². The number of rotatable bonds is 2. The highest BCUT2D eigenvalue weighted by Gasteiger charge is 2.51. The average Bonchev–Trinajstić information content (AvgIpc) is 2.66. The third kappa shape index (κ3) is 2.33. The summed E-state index contributed by atoms with van der Waals surface area (Å²) >= 11 is 0. The van der Waals surface area contributed by atoms with Gasteiger partial charge in [-0.3, -0.25) is 9.69 Å². The number of nitrogens with zero attached hydrogens (tertiary/aromatic N) is 1. The highest BCUT2D eigenvalue weighted by atomic mass is 16.5. The monoisotopic (exact) mass is 241 g/mol. The summed E-state index contributed by atoms with van der Waals surface area (Å²) in [6.45, 7) is 9.19. The van der Waals surface area contributed by atoms with E-state index in [1.807, 2.05) is 0 Å². The molecule has 4 nitrogen and oxygen atoms in total. The summed E-state index contributed by atoms with van der Waals surface area (Å²) in [5.41, 5.74) is -0.415. The molecule has 2 saturated heterocycles. The highest BCUT2D eigenvalue weighted by Crippen LogP contribution is 2.42. The summed E-state index contributed by atoms with van der Waals surface area (Å²) in [5, 5.41) is 9.26. The van der Waals surface area contributed by atoms with E-state index in [1.54, 1.807) is 0 Å². The summed E-state index contributed by atoms with van der Waals surface area (Å²) < 4.78 is 6.05. The number of carboxylic acid groups (broad SMARTS) is 1. The molecule has 98 valence electrons. The minimum absolute atomic E-state index is 0.153. The van der Waals surface area contributed by atoms with Crippen molar-refractivity contribution in [1.29, 1.82) is 0 Å². The molecule has 0 saturated carbocycles. The van der Waals surface area contributed by atoms with E-state index < -0.39 is 5.97 Å². The Morgan fingerprint density at radius 3 is 2.47 bits per heavy atom. The van der Waals surface area contributed by atoms with Crippen molar-refractivity contribution in [2.75, 3.05) is 6.54 Å². The van der Waals surface area contributed by atoms with Gasteiger partial charge in [-0.1, -0.05) is 0 Å². The molecule has 0 aromatic carbocycles. The van der Waals surface area contributed by atoms with Gasteiger partial charge in [0.05, 0.1) is 11.2 Å². The van der Waals surface area contributed by atoms with Crippen LogP contribution in [0.3, 0.4) is 0 Å². The van der Waals surface area contributed by atoms with Gasteiger partial charge in [-0.15, -0.1) is 0 Å². The van der Waals surface area contributed by atoms with Gasteiger partial charge in [0.2, 0.25) is 0 Å². The summed E-state index contributed by atoms with van der Waals surface area (Å²) in [7, 11) is 0. The molecule has 4 heteroatoms. The second-order valence-electron chi connectivity index (χ2n) is 6.42. The van der Waals surface area contributed by atoms with Gasteiger partial charge < -0.3 is 9.84 Å². The van der Waals surface area contributed by atoms with E-state index in [-0.39, 0.29) is 23.3 Å². The summed E-state index contributed by atoms with van der Waals surface area (Å²) in [6.07, 6.45) is 2.65. The number of aliphatic carboxylic acids is 1. The van der Waals surface area contributed by atoms with E-state index in [2.05, 4.69) is 32.6 Å². The summed E-state index contributed by atoms with van der Waals surface area (Å²) in [5.74, 6) is -0.692. The van der Waals surface area contributed by atoms with Crippen molar-refractivity contribution < 1.29 is 14.6 Å². The Labute approximate surface area is 103 Å². The van der Waals surface area contributed by atoms with Crippen molar-refractivity contribution >= 4 is 5.97 Å². The molecule has 2 aliphatic rings. The fourth-order valence-corrected chi connectivity index (χ4v) is 3.48. The Hall–Kier alpha value is -0.610. The van der Waals surface area contributed by atoms with Crippen LogP contribution in [0.5, 0.6) is 0 Å². The predicted molar refractivity (Wildman–Crippen MR) is 65.0 cm³/mol. The molecule has 0 aromatic rings. The Bertz CT molecular complexity index is 325. The van der Waals surface area contributed by atoms with Crippen molar-refractivity contribution in [3.05, 3.63) is 0 Å². The number of hydrogen-bond donors (Lipinski definition) is 1. The Kier molecular flexibility index (Phi) is 2.99. The van der Waals surface area contributed by atoms with Gasteiger partial charge in [0.15, 0.2) is 0 Å². The second kappa shape index (κ2) is 3.95. The standard InChI is InChI=1S/C13H23NO3/c1-12(2)8-10(13(3,4)17-12)14-7-5-6-9(14)11(15)16/h9-10H,5-8H2,1-4H3,(H,15,16). The van der Waals surface area contributed by atoms with Crippen LogP contribution in [-0.2, 0) is 9.53 Å². The molecule has 0 spiro atoms. The van der Waals surface area contributed by atoms with Crippen molar-refractivity contribution in [3.8, 4) is 0 Å². The SMILES string of the molecule is CC1(C)CC(N2CCCC2C(=O)O)C(C)(C)O1. The van der Waals surface area contributed by atoms with Crippen LogP contribution in [0, 0.1) is 0 Å². The van der Waals surface area contributed by atoms with Crippen LogP contribution in [0.15, 0.2) is 0 Å². The lowest BCUT2D eigenvalue weighted by atomic mass is 9.92. The maximum Gasteiger partial charge on any atom is 0.320 e. The number of hydrogen-bond acceptors (Lipinski definition) is 3.